The molecular weight excluding hydrogens is 368 g/mol. The van der Waals surface area contributed by atoms with E-state index in [9.17, 15) is 18.0 Å². The van der Waals surface area contributed by atoms with E-state index in [0.717, 1.165) is 6.07 Å². The van der Waals surface area contributed by atoms with Crippen LogP contribution < -0.4 is 10.2 Å². The van der Waals surface area contributed by atoms with Crippen LogP contribution in [0.4, 0.5) is 0 Å². The van der Waals surface area contributed by atoms with Crippen LogP contribution in [0, 0.1) is 6.92 Å². The van der Waals surface area contributed by atoms with Crippen molar-refractivity contribution in [3.05, 3.63) is 27.7 Å². The van der Waals surface area contributed by atoms with Crippen molar-refractivity contribution in [2.24, 2.45) is 0 Å². The summed E-state index contributed by atoms with van der Waals surface area (Å²) in [4.78, 5) is 26.8. The number of sulfonamides is 1. The Bertz CT molecular complexity index is 718. The lowest BCUT2D eigenvalue weighted by Crippen LogP contribution is -2.41. The first-order valence-corrected chi connectivity index (χ1v) is 7.97. The summed E-state index contributed by atoms with van der Waals surface area (Å²) in [5, 5.41) is 9.00. The van der Waals surface area contributed by atoms with E-state index >= 15 is 0 Å². The first kappa shape index (κ1) is 15.9. The molecule has 0 radical (unpaired) electrons. The number of carbonyl (C=O) groups excluding carboxylic acids is 1. The molecule has 3 N–H and O–H groups in total. The molecule has 2 rings (SSSR count). The fraction of sp³-hybridized carbons (Fsp3) is 0.273. The molecule has 0 bridgehead atoms. The number of aromatic carboxylic acids is 1. The highest BCUT2D eigenvalue weighted by atomic mass is 79.9. The van der Waals surface area contributed by atoms with Crippen LogP contribution in [0.5, 0.6) is 0 Å². The first-order chi connectivity index (χ1) is 9.72. The second-order valence-corrected chi connectivity index (χ2v) is 6.87. The number of nitrogens with one attached hydrogen (secondary N) is 2. The summed E-state index contributed by atoms with van der Waals surface area (Å²) in [6.07, 6.45) is 0. The van der Waals surface area contributed by atoms with Crippen molar-refractivity contribution in [2.45, 2.75) is 17.9 Å². The van der Waals surface area contributed by atoms with Gasteiger partial charge in [-0.3, -0.25) is 9.63 Å². The zero-order chi connectivity index (χ0) is 15.8. The lowest BCUT2D eigenvalue weighted by Gasteiger charge is -2.13. The zero-order valence-electron chi connectivity index (χ0n) is 10.7. The first-order valence-electron chi connectivity index (χ1n) is 5.70. The van der Waals surface area contributed by atoms with Gasteiger partial charge in [0, 0.05) is 4.47 Å². The molecule has 1 aromatic rings. The number of carboxylic acids is 1. The third-order valence-corrected chi connectivity index (χ3v) is 5.29. The Morgan fingerprint density at radius 3 is 2.71 bits per heavy atom. The molecular formula is C11H11BrN2O6S. The lowest BCUT2D eigenvalue weighted by molar-refractivity contribution is -0.124. The Labute approximate surface area is 128 Å². The number of amides is 1. The molecule has 1 aromatic carbocycles. The molecule has 1 atom stereocenters. The summed E-state index contributed by atoms with van der Waals surface area (Å²) in [5.41, 5.74) is 2.19. The minimum atomic E-state index is -4.07. The molecule has 10 heteroatoms. The van der Waals surface area contributed by atoms with Crippen LogP contribution >= 0.6 is 15.9 Å². The molecule has 1 amide bonds. The zero-order valence-corrected chi connectivity index (χ0v) is 13.1. The molecule has 1 aliphatic rings. The normalized spacial score (nSPS) is 18.6. The monoisotopic (exact) mass is 378 g/mol. The molecule has 1 heterocycles. The molecule has 1 aliphatic heterocycles. The van der Waals surface area contributed by atoms with Gasteiger partial charge in [0.05, 0.1) is 10.5 Å². The van der Waals surface area contributed by atoms with E-state index < -0.39 is 27.9 Å². The Balaban J connectivity index is 2.44. The van der Waals surface area contributed by atoms with E-state index in [1.165, 1.54) is 13.0 Å². The molecule has 0 spiro atoms. The maximum Gasteiger partial charge on any atom is 0.335 e. The quantitative estimate of drug-likeness (QED) is 0.686. The number of halogens is 1. The fourth-order valence-electron chi connectivity index (χ4n) is 1.74. The van der Waals surface area contributed by atoms with E-state index in [-0.39, 0.29) is 17.1 Å². The van der Waals surface area contributed by atoms with Gasteiger partial charge in [0.15, 0.2) is 0 Å². The highest BCUT2D eigenvalue weighted by Gasteiger charge is 2.32. The average molecular weight is 379 g/mol. The highest BCUT2D eigenvalue weighted by Crippen LogP contribution is 2.26. The van der Waals surface area contributed by atoms with Gasteiger partial charge in [0.1, 0.15) is 12.6 Å². The maximum atomic E-state index is 12.3. The molecule has 0 unspecified atom stereocenters. The van der Waals surface area contributed by atoms with E-state index in [4.69, 9.17) is 5.11 Å². The van der Waals surface area contributed by atoms with Gasteiger partial charge in [-0.2, -0.15) is 4.72 Å². The topological polar surface area (TPSA) is 122 Å². The van der Waals surface area contributed by atoms with Gasteiger partial charge in [-0.15, -0.1) is 0 Å². The standard InChI is InChI=1S/C11H11BrN2O6S/c1-5-7(12)2-6(11(16)17)3-9(5)21(18,19)14-8-4-20-13-10(8)15/h2-3,8,14H,4H2,1H3,(H,13,15)(H,16,17)/t8-/m1/s1. The van der Waals surface area contributed by atoms with Crippen LogP contribution in [0.15, 0.2) is 21.5 Å². The van der Waals surface area contributed by atoms with Gasteiger partial charge in [-0.05, 0) is 24.6 Å². The Hall–Kier alpha value is -1.49. The molecule has 1 saturated heterocycles. The number of carbonyl (C=O) groups is 2. The van der Waals surface area contributed by atoms with Crippen molar-refractivity contribution in [3.8, 4) is 0 Å². The summed E-state index contributed by atoms with van der Waals surface area (Å²) in [6, 6.07) is 1.29. The molecule has 0 saturated carbocycles. The fourth-order valence-corrected chi connectivity index (χ4v) is 3.80. The minimum Gasteiger partial charge on any atom is -0.478 e. The molecule has 8 nitrogen and oxygen atoms in total. The molecule has 21 heavy (non-hydrogen) atoms. The van der Waals surface area contributed by atoms with Crippen LogP contribution in [0.1, 0.15) is 15.9 Å². The van der Waals surface area contributed by atoms with Gasteiger partial charge in [0.2, 0.25) is 10.0 Å². The Morgan fingerprint density at radius 2 is 2.19 bits per heavy atom. The summed E-state index contributed by atoms with van der Waals surface area (Å²) in [7, 11) is -4.07. The van der Waals surface area contributed by atoms with Crippen LogP contribution in [0.25, 0.3) is 0 Å². The Kier molecular flexibility index (Phi) is 4.33. The Morgan fingerprint density at radius 1 is 1.52 bits per heavy atom. The van der Waals surface area contributed by atoms with Gasteiger partial charge in [-0.25, -0.2) is 18.7 Å². The van der Waals surface area contributed by atoms with Crippen molar-refractivity contribution in [3.63, 3.8) is 0 Å². The van der Waals surface area contributed by atoms with Crippen molar-refractivity contribution < 1.29 is 28.0 Å². The highest BCUT2D eigenvalue weighted by molar-refractivity contribution is 9.10. The maximum absolute atomic E-state index is 12.3. The van der Waals surface area contributed by atoms with E-state index in [1.807, 2.05) is 5.48 Å². The third kappa shape index (κ3) is 3.23. The molecule has 114 valence electrons. The molecule has 1 fully saturated rings. The number of carboxylic acid groups (broad SMARTS) is 1. The van der Waals surface area contributed by atoms with Crippen LogP contribution in [0.2, 0.25) is 0 Å². The van der Waals surface area contributed by atoms with Gasteiger partial charge >= 0.3 is 5.97 Å². The number of benzene rings is 1. The SMILES string of the molecule is Cc1c(Br)cc(C(=O)O)cc1S(=O)(=O)N[C@@H]1CONC1=O. The summed E-state index contributed by atoms with van der Waals surface area (Å²) < 4.78 is 27.2. The third-order valence-electron chi connectivity index (χ3n) is 2.87. The van der Waals surface area contributed by atoms with Crippen LogP contribution in [0.3, 0.4) is 0 Å². The molecule has 0 aliphatic carbocycles. The van der Waals surface area contributed by atoms with Crippen molar-refractivity contribution >= 4 is 37.8 Å². The summed E-state index contributed by atoms with van der Waals surface area (Å²) >= 11 is 3.12. The predicted octanol–water partition coefficient (Wildman–Crippen LogP) is 0.164. The van der Waals surface area contributed by atoms with Gasteiger partial charge < -0.3 is 5.11 Å². The number of hydroxylamine groups is 1. The number of hydrogen-bond donors (Lipinski definition) is 3. The lowest BCUT2D eigenvalue weighted by atomic mass is 10.1. The number of hydrogen-bond acceptors (Lipinski definition) is 5. The van der Waals surface area contributed by atoms with Crippen LogP contribution in [-0.2, 0) is 19.7 Å². The van der Waals surface area contributed by atoms with Crippen molar-refractivity contribution in [1.82, 2.24) is 10.2 Å². The van der Waals surface area contributed by atoms with Gasteiger partial charge in [0.25, 0.3) is 5.91 Å². The minimum absolute atomic E-state index is 0.142. The smallest absolute Gasteiger partial charge is 0.335 e. The molecule has 0 aromatic heterocycles. The second kappa shape index (κ2) is 5.72. The average Bonchev–Trinajstić information content (AvgIpc) is 2.77. The largest absolute Gasteiger partial charge is 0.478 e. The predicted molar refractivity (Wildman–Crippen MR) is 74.0 cm³/mol. The van der Waals surface area contributed by atoms with Crippen LogP contribution in [-0.4, -0.2) is 38.0 Å². The summed E-state index contributed by atoms with van der Waals surface area (Å²) in [5.74, 6) is -1.86. The number of rotatable bonds is 4. The van der Waals surface area contributed by atoms with Gasteiger partial charge in [-0.1, -0.05) is 15.9 Å². The second-order valence-electron chi connectivity index (χ2n) is 4.34. The summed E-state index contributed by atoms with van der Waals surface area (Å²) in [6.45, 7) is 1.38. The van der Waals surface area contributed by atoms with Crippen molar-refractivity contribution in [1.29, 1.82) is 0 Å². The van der Waals surface area contributed by atoms with Crippen molar-refractivity contribution in [2.75, 3.05) is 6.61 Å². The van der Waals surface area contributed by atoms with E-state index in [0.29, 0.717) is 10.0 Å². The van der Waals surface area contributed by atoms with E-state index in [1.54, 1.807) is 0 Å². The van der Waals surface area contributed by atoms with E-state index in [2.05, 4.69) is 25.5 Å².